The van der Waals surface area contributed by atoms with Gasteiger partial charge in [-0.25, -0.2) is 9.59 Å². The van der Waals surface area contributed by atoms with Crippen LogP contribution in [-0.4, -0.2) is 24.1 Å². The number of carbonyl (C=O) groups is 2. The van der Waals surface area contributed by atoms with E-state index in [-0.39, 0.29) is 12.2 Å². The first kappa shape index (κ1) is 12.0. The molecule has 0 amide bonds. The first-order chi connectivity index (χ1) is 7.09. The Balaban J connectivity index is 2.30. The number of rotatable bonds is 2. The van der Waals surface area contributed by atoms with Crippen molar-refractivity contribution < 1.29 is 19.1 Å². The van der Waals surface area contributed by atoms with Crippen molar-refractivity contribution in [3.8, 4) is 0 Å². The van der Waals surface area contributed by atoms with Crippen LogP contribution in [0.5, 0.6) is 0 Å². The Morgan fingerprint density at radius 3 is 2.20 bits per heavy atom. The van der Waals surface area contributed by atoms with E-state index in [0.29, 0.717) is 0 Å². The molecule has 0 aliphatic heterocycles. The van der Waals surface area contributed by atoms with Crippen molar-refractivity contribution in [1.29, 1.82) is 0 Å². The molecule has 0 spiro atoms. The molecule has 0 radical (unpaired) electrons. The Kier molecular flexibility index (Phi) is 4.59. The summed E-state index contributed by atoms with van der Waals surface area (Å²) in [4.78, 5) is 22.4. The maximum Gasteiger partial charge on any atom is 0.417 e. The molecule has 1 rings (SSSR count). The fraction of sp³-hybridized carbons (Fsp3) is 0.818. The largest absolute Gasteiger partial charge is 0.455 e. The third kappa shape index (κ3) is 4.32. The molecule has 1 aliphatic rings. The van der Waals surface area contributed by atoms with E-state index in [2.05, 4.69) is 0 Å². The van der Waals surface area contributed by atoms with Crippen molar-refractivity contribution in [1.82, 2.24) is 0 Å². The van der Waals surface area contributed by atoms with Crippen LogP contribution < -0.4 is 0 Å². The van der Waals surface area contributed by atoms with Gasteiger partial charge < -0.3 is 9.47 Å². The lowest BCUT2D eigenvalue weighted by Gasteiger charge is -2.21. The number of esters is 2. The number of ether oxygens (including phenoxy) is 2. The second-order valence-electron chi connectivity index (χ2n) is 4.12. The maximum absolute atomic E-state index is 11.2. The Labute approximate surface area is 89.9 Å². The van der Waals surface area contributed by atoms with E-state index in [0.717, 1.165) is 25.7 Å². The Bertz CT molecular complexity index is 229. The highest BCUT2D eigenvalue weighted by atomic mass is 16.6. The van der Waals surface area contributed by atoms with Crippen LogP contribution in [0.4, 0.5) is 0 Å². The van der Waals surface area contributed by atoms with Crippen molar-refractivity contribution in [2.24, 2.45) is 0 Å². The van der Waals surface area contributed by atoms with Crippen LogP contribution >= 0.6 is 0 Å². The summed E-state index contributed by atoms with van der Waals surface area (Å²) in [7, 11) is 0. The standard InChI is InChI=1S/C11H18O4/c1-8(2)14-10(12)11(13)15-9-6-4-3-5-7-9/h8-9H,3-7H2,1-2H3. The van der Waals surface area contributed by atoms with Crippen LogP contribution in [-0.2, 0) is 19.1 Å². The van der Waals surface area contributed by atoms with Crippen molar-refractivity contribution in [3.63, 3.8) is 0 Å². The highest BCUT2D eigenvalue weighted by Gasteiger charge is 2.24. The second kappa shape index (κ2) is 5.73. The molecule has 15 heavy (non-hydrogen) atoms. The van der Waals surface area contributed by atoms with Crippen molar-refractivity contribution in [3.05, 3.63) is 0 Å². The Hall–Kier alpha value is -1.06. The molecule has 1 fully saturated rings. The molecule has 0 atom stereocenters. The fourth-order valence-corrected chi connectivity index (χ4v) is 1.64. The van der Waals surface area contributed by atoms with Gasteiger partial charge in [-0.2, -0.15) is 0 Å². The van der Waals surface area contributed by atoms with Gasteiger partial charge in [-0.15, -0.1) is 0 Å². The molecule has 4 heteroatoms. The molecule has 0 bridgehead atoms. The van der Waals surface area contributed by atoms with Crippen LogP contribution in [0.3, 0.4) is 0 Å². The summed E-state index contributed by atoms with van der Waals surface area (Å²) < 4.78 is 9.78. The van der Waals surface area contributed by atoms with Crippen molar-refractivity contribution in [2.75, 3.05) is 0 Å². The molecule has 1 aliphatic carbocycles. The Morgan fingerprint density at radius 2 is 1.67 bits per heavy atom. The summed E-state index contributed by atoms with van der Waals surface area (Å²) in [5.41, 5.74) is 0. The lowest BCUT2D eigenvalue weighted by Crippen LogP contribution is -2.28. The van der Waals surface area contributed by atoms with Crippen LogP contribution in [0.1, 0.15) is 46.0 Å². The van der Waals surface area contributed by atoms with E-state index in [1.165, 1.54) is 6.42 Å². The average Bonchev–Trinajstić information content (AvgIpc) is 2.18. The van der Waals surface area contributed by atoms with Gasteiger partial charge in [0.15, 0.2) is 0 Å². The zero-order valence-corrected chi connectivity index (χ0v) is 9.32. The summed E-state index contributed by atoms with van der Waals surface area (Å²) in [5, 5.41) is 0. The number of hydrogen-bond acceptors (Lipinski definition) is 4. The molecule has 1 saturated carbocycles. The minimum atomic E-state index is -0.879. The van der Waals surface area contributed by atoms with E-state index >= 15 is 0 Å². The molecule has 0 aromatic rings. The minimum absolute atomic E-state index is 0.0917. The molecule has 0 unspecified atom stereocenters. The van der Waals surface area contributed by atoms with Crippen molar-refractivity contribution >= 4 is 11.9 Å². The topological polar surface area (TPSA) is 52.6 Å². The molecule has 0 aromatic heterocycles. The van der Waals surface area contributed by atoms with Gasteiger partial charge >= 0.3 is 11.9 Å². The van der Waals surface area contributed by atoms with Crippen molar-refractivity contribution in [2.45, 2.75) is 58.2 Å². The van der Waals surface area contributed by atoms with Gasteiger partial charge in [-0.3, -0.25) is 0 Å². The van der Waals surface area contributed by atoms with E-state index < -0.39 is 11.9 Å². The normalized spacial score (nSPS) is 17.5. The smallest absolute Gasteiger partial charge is 0.417 e. The van der Waals surface area contributed by atoms with Gasteiger partial charge in [0.25, 0.3) is 0 Å². The number of carbonyl (C=O) groups excluding carboxylic acids is 2. The quantitative estimate of drug-likeness (QED) is 0.519. The predicted octanol–water partition coefficient (Wildman–Crippen LogP) is 1.81. The number of hydrogen-bond donors (Lipinski definition) is 0. The average molecular weight is 214 g/mol. The SMILES string of the molecule is CC(C)OC(=O)C(=O)OC1CCCCC1. The third-order valence-corrected chi connectivity index (χ3v) is 2.34. The summed E-state index contributed by atoms with van der Waals surface area (Å²) in [6, 6.07) is 0. The third-order valence-electron chi connectivity index (χ3n) is 2.34. The first-order valence-corrected chi connectivity index (χ1v) is 5.51. The van der Waals surface area contributed by atoms with E-state index in [4.69, 9.17) is 9.47 Å². The zero-order valence-electron chi connectivity index (χ0n) is 9.32. The molecular weight excluding hydrogens is 196 g/mol. The molecule has 4 nitrogen and oxygen atoms in total. The summed E-state index contributed by atoms with van der Waals surface area (Å²) >= 11 is 0. The van der Waals surface area contributed by atoms with Gasteiger partial charge in [-0.1, -0.05) is 6.42 Å². The van der Waals surface area contributed by atoms with Gasteiger partial charge in [0.2, 0.25) is 0 Å². The summed E-state index contributed by atoms with van der Waals surface area (Å²) in [6.45, 7) is 3.40. The highest BCUT2D eigenvalue weighted by Crippen LogP contribution is 2.20. The first-order valence-electron chi connectivity index (χ1n) is 5.51. The molecule has 0 N–H and O–H groups in total. The van der Waals surface area contributed by atoms with Gasteiger partial charge in [-0.05, 0) is 39.5 Å². The van der Waals surface area contributed by atoms with E-state index in [1.54, 1.807) is 13.8 Å². The summed E-state index contributed by atoms with van der Waals surface area (Å²) in [5.74, 6) is -1.73. The summed E-state index contributed by atoms with van der Waals surface area (Å²) in [6.07, 6.45) is 4.67. The van der Waals surface area contributed by atoms with E-state index in [1.807, 2.05) is 0 Å². The highest BCUT2D eigenvalue weighted by molar-refractivity contribution is 6.29. The van der Waals surface area contributed by atoms with Crippen LogP contribution in [0.25, 0.3) is 0 Å². The Morgan fingerprint density at radius 1 is 1.07 bits per heavy atom. The molecule has 0 saturated heterocycles. The predicted molar refractivity (Wildman–Crippen MR) is 54.2 cm³/mol. The molecule has 86 valence electrons. The molecule has 0 heterocycles. The van der Waals surface area contributed by atoms with Gasteiger partial charge in [0.05, 0.1) is 6.10 Å². The van der Waals surface area contributed by atoms with Crippen LogP contribution in [0.15, 0.2) is 0 Å². The van der Waals surface area contributed by atoms with Gasteiger partial charge in [0.1, 0.15) is 6.10 Å². The zero-order chi connectivity index (χ0) is 11.3. The monoisotopic (exact) mass is 214 g/mol. The maximum atomic E-state index is 11.2. The lowest BCUT2D eigenvalue weighted by molar-refractivity contribution is -0.174. The van der Waals surface area contributed by atoms with Gasteiger partial charge in [0, 0.05) is 0 Å². The van der Waals surface area contributed by atoms with Crippen LogP contribution in [0.2, 0.25) is 0 Å². The fourth-order valence-electron chi connectivity index (χ4n) is 1.64. The second-order valence-corrected chi connectivity index (χ2v) is 4.12. The molecule has 0 aromatic carbocycles. The lowest BCUT2D eigenvalue weighted by atomic mass is 9.98. The minimum Gasteiger partial charge on any atom is -0.455 e. The molecular formula is C11H18O4. The van der Waals surface area contributed by atoms with Crippen LogP contribution in [0, 0.1) is 0 Å². The van der Waals surface area contributed by atoms with E-state index in [9.17, 15) is 9.59 Å².